The molecule has 1 aromatic carbocycles. The number of ether oxygens (including phenoxy) is 1. The standard InChI is InChI=1S/C17H28N2O/c1-4-18-17(15-7-5-14(2)6-8-15)13-19(3)16-9-11-20-12-10-16/h5-8,16-18H,4,9-13H2,1-3H3. The third-order valence-electron chi connectivity index (χ3n) is 4.21. The summed E-state index contributed by atoms with van der Waals surface area (Å²) >= 11 is 0. The van der Waals surface area contributed by atoms with E-state index >= 15 is 0 Å². The maximum Gasteiger partial charge on any atom is 0.0480 e. The SMILES string of the molecule is CCNC(CN(C)C1CCOCC1)c1ccc(C)cc1. The molecule has 1 unspecified atom stereocenters. The first-order valence-electron chi connectivity index (χ1n) is 7.78. The Hall–Kier alpha value is -0.900. The van der Waals surface area contributed by atoms with Gasteiger partial charge in [-0.05, 0) is 38.9 Å². The lowest BCUT2D eigenvalue weighted by atomic mass is 10.0. The van der Waals surface area contributed by atoms with Crippen LogP contribution in [0.5, 0.6) is 0 Å². The smallest absolute Gasteiger partial charge is 0.0480 e. The summed E-state index contributed by atoms with van der Waals surface area (Å²) in [5, 5.41) is 3.62. The molecule has 1 aliphatic heterocycles. The van der Waals surface area contributed by atoms with Crippen LogP contribution in [0.2, 0.25) is 0 Å². The van der Waals surface area contributed by atoms with Crippen molar-refractivity contribution in [2.75, 3.05) is 33.4 Å². The Kier molecular flexibility index (Phi) is 6.02. The van der Waals surface area contributed by atoms with Crippen molar-refractivity contribution in [2.24, 2.45) is 0 Å². The van der Waals surface area contributed by atoms with Gasteiger partial charge >= 0.3 is 0 Å². The van der Waals surface area contributed by atoms with Crippen LogP contribution < -0.4 is 5.32 Å². The zero-order valence-electron chi connectivity index (χ0n) is 13.1. The van der Waals surface area contributed by atoms with Gasteiger partial charge in [0, 0.05) is 31.8 Å². The van der Waals surface area contributed by atoms with Gasteiger partial charge in [-0.15, -0.1) is 0 Å². The second-order valence-corrected chi connectivity index (χ2v) is 5.80. The molecule has 20 heavy (non-hydrogen) atoms. The number of nitrogens with one attached hydrogen (secondary N) is 1. The Bertz CT molecular complexity index is 384. The van der Waals surface area contributed by atoms with Crippen LogP contribution in [-0.4, -0.2) is 44.3 Å². The predicted molar refractivity (Wildman–Crippen MR) is 84.1 cm³/mol. The maximum atomic E-state index is 5.46. The molecule has 0 bridgehead atoms. The Morgan fingerprint density at radius 1 is 1.25 bits per heavy atom. The molecule has 0 saturated carbocycles. The van der Waals surface area contributed by atoms with Crippen molar-refractivity contribution in [1.82, 2.24) is 10.2 Å². The van der Waals surface area contributed by atoms with Crippen LogP contribution >= 0.6 is 0 Å². The molecule has 1 aliphatic rings. The molecule has 3 nitrogen and oxygen atoms in total. The Morgan fingerprint density at radius 3 is 2.50 bits per heavy atom. The quantitative estimate of drug-likeness (QED) is 0.864. The van der Waals surface area contributed by atoms with E-state index in [2.05, 4.69) is 55.4 Å². The minimum absolute atomic E-state index is 0.411. The molecule has 1 aromatic rings. The number of benzene rings is 1. The summed E-state index contributed by atoms with van der Waals surface area (Å²) in [6, 6.07) is 9.98. The predicted octanol–water partition coefficient (Wildman–Crippen LogP) is 2.76. The third-order valence-corrected chi connectivity index (χ3v) is 4.21. The molecule has 1 saturated heterocycles. The molecule has 1 heterocycles. The van der Waals surface area contributed by atoms with E-state index in [0.717, 1.165) is 39.1 Å². The third kappa shape index (κ3) is 4.30. The molecule has 1 N–H and O–H groups in total. The Balaban J connectivity index is 1.98. The summed E-state index contributed by atoms with van der Waals surface area (Å²) in [6.45, 7) is 8.19. The monoisotopic (exact) mass is 276 g/mol. The van der Waals surface area contributed by atoms with E-state index in [1.54, 1.807) is 0 Å². The second-order valence-electron chi connectivity index (χ2n) is 5.80. The first kappa shape index (κ1) is 15.5. The highest BCUT2D eigenvalue weighted by Gasteiger charge is 2.21. The Labute approximate surface area is 123 Å². The highest BCUT2D eigenvalue weighted by molar-refractivity contribution is 5.24. The second kappa shape index (κ2) is 7.77. The normalized spacial score (nSPS) is 18.4. The fraction of sp³-hybridized carbons (Fsp3) is 0.647. The van der Waals surface area contributed by atoms with Crippen LogP contribution in [0.25, 0.3) is 0 Å². The average Bonchev–Trinajstić information content (AvgIpc) is 2.48. The van der Waals surface area contributed by atoms with Crippen molar-refractivity contribution < 1.29 is 4.74 Å². The van der Waals surface area contributed by atoms with E-state index < -0.39 is 0 Å². The fourth-order valence-corrected chi connectivity index (χ4v) is 2.90. The van der Waals surface area contributed by atoms with Gasteiger partial charge in [-0.2, -0.15) is 0 Å². The largest absolute Gasteiger partial charge is 0.381 e. The van der Waals surface area contributed by atoms with E-state index in [0.29, 0.717) is 12.1 Å². The summed E-state index contributed by atoms with van der Waals surface area (Å²) in [4.78, 5) is 2.50. The van der Waals surface area contributed by atoms with Crippen molar-refractivity contribution in [3.8, 4) is 0 Å². The first-order chi connectivity index (χ1) is 9.70. The van der Waals surface area contributed by atoms with Crippen molar-refractivity contribution in [3.05, 3.63) is 35.4 Å². The lowest BCUT2D eigenvalue weighted by Crippen LogP contribution is -2.41. The number of nitrogens with zero attached hydrogens (tertiary/aromatic N) is 1. The lowest BCUT2D eigenvalue weighted by Gasteiger charge is -2.34. The van der Waals surface area contributed by atoms with Crippen molar-refractivity contribution in [1.29, 1.82) is 0 Å². The molecule has 112 valence electrons. The summed E-state index contributed by atoms with van der Waals surface area (Å²) < 4.78 is 5.46. The van der Waals surface area contributed by atoms with Crippen molar-refractivity contribution >= 4 is 0 Å². The van der Waals surface area contributed by atoms with Gasteiger partial charge in [-0.1, -0.05) is 36.8 Å². The zero-order chi connectivity index (χ0) is 14.4. The van der Waals surface area contributed by atoms with Crippen molar-refractivity contribution in [3.63, 3.8) is 0 Å². The zero-order valence-corrected chi connectivity index (χ0v) is 13.1. The molecule has 1 atom stereocenters. The summed E-state index contributed by atoms with van der Waals surface area (Å²) in [5.74, 6) is 0. The molecule has 0 aliphatic carbocycles. The van der Waals surface area contributed by atoms with Gasteiger partial charge in [0.15, 0.2) is 0 Å². The molecular formula is C17H28N2O. The van der Waals surface area contributed by atoms with Gasteiger partial charge in [0.1, 0.15) is 0 Å². The summed E-state index contributed by atoms with van der Waals surface area (Å²) in [6.07, 6.45) is 2.31. The van der Waals surface area contributed by atoms with Crippen molar-refractivity contribution in [2.45, 2.75) is 38.8 Å². The molecular weight excluding hydrogens is 248 g/mol. The first-order valence-corrected chi connectivity index (χ1v) is 7.78. The van der Waals surface area contributed by atoms with E-state index in [1.165, 1.54) is 11.1 Å². The van der Waals surface area contributed by atoms with Gasteiger partial charge in [-0.3, -0.25) is 0 Å². The summed E-state index contributed by atoms with van der Waals surface area (Å²) in [5.41, 5.74) is 2.71. The number of likely N-dealkylation sites (N-methyl/N-ethyl adjacent to an activating group) is 2. The molecule has 3 heteroatoms. The molecule has 2 rings (SSSR count). The number of hydrogen-bond acceptors (Lipinski definition) is 3. The van der Waals surface area contributed by atoms with Crippen LogP contribution in [-0.2, 0) is 4.74 Å². The highest BCUT2D eigenvalue weighted by atomic mass is 16.5. The average molecular weight is 276 g/mol. The van der Waals surface area contributed by atoms with E-state index in [1.807, 2.05) is 0 Å². The van der Waals surface area contributed by atoms with E-state index in [4.69, 9.17) is 4.74 Å². The van der Waals surface area contributed by atoms with Gasteiger partial charge in [0.2, 0.25) is 0 Å². The molecule has 0 spiro atoms. The number of rotatable bonds is 6. The van der Waals surface area contributed by atoms with Crippen LogP contribution in [0, 0.1) is 6.92 Å². The van der Waals surface area contributed by atoms with Gasteiger partial charge in [0.05, 0.1) is 0 Å². The van der Waals surface area contributed by atoms with Crippen LogP contribution in [0.3, 0.4) is 0 Å². The lowest BCUT2D eigenvalue weighted by molar-refractivity contribution is 0.0402. The Morgan fingerprint density at radius 2 is 1.90 bits per heavy atom. The maximum absolute atomic E-state index is 5.46. The highest BCUT2D eigenvalue weighted by Crippen LogP contribution is 2.19. The number of hydrogen-bond donors (Lipinski definition) is 1. The van der Waals surface area contributed by atoms with Crippen LogP contribution in [0.4, 0.5) is 0 Å². The van der Waals surface area contributed by atoms with Gasteiger partial charge in [-0.25, -0.2) is 0 Å². The van der Waals surface area contributed by atoms with Gasteiger partial charge in [0.25, 0.3) is 0 Å². The molecule has 0 aromatic heterocycles. The van der Waals surface area contributed by atoms with Crippen LogP contribution in [0.15, 0.2) is 24.3 Å². The van der Waals surface area contributed by atoms with Gasteiger partial charge < -0.3 is 15.0 Å². The van der Waals surface area contributed by atoms with Crippen LogP contribution in [0.1, 0.15) is 36.9 Å². The summed E-state index contributed by atoms with van der Waals surface area (Å²) in [7, 11) is 2.24. The molecule has 0 radical (unpaired) electrons. The number of aryl methyl sites for hydroxylation is 1. The molecule has 0 amide bonds. The van der Waals surface area contributed by atoms with E-state index in [-0.39, 0.29) is 0 Å². The fourth-order valence-electron chi connectivity index (χ4n) is 2.90. The minimum Gasteiger partial charge on any atom is -0.381 e. The topological polar surface area (TPSA) is 24.5 Å². The van der Waals surface area contributed by atoms with E-state index in [9.17, 15) is 0 Å². The molecule has 1 fully saturated rings. The minimum atomic E-state index is 0.411.